The first-order valence-corrected chi connectivity index (χ1v) is 7.11. The van der Waals surface area contributed by atoms with Crippen molar-refractivity contribution in [3.8, 4) is 0 Å². The highest BCUT2D eigenvalue weighted by Gasteiger charge is 2.16. The molecule has 1 saturated heterocycles. The van der Waals surface area contributed by atoms with Crippen LogP contribution in [0.3, 0.4) is 0 Å². The number of thioether (sulfide) groups is 1. The quantitative estimate of drug-likeness (QED) is 0.677. The van der Waals surface area contributed by atoms with Crippen LogP contribution in [0.4, 0.5) is 10.1 Å². The maximum Gasteiger partial charge on any atom is 0.232 e. The van der Waals surface area contributed by atoms with E-state index in [2.05, 4.69) is 0 Å². The molecule has 5 heteroatoms. The molecule has 0 bridgehead atoms. The lowest BCUT2D eigenvalue weighted by atomic mass is 10.1. The number of nitrogens with zero attached hydrogens (tertiary/aromatic N) is 1. The van der Waals surface area contributed by atoms with E-state index in [9.17, 15) is 9.18 Å². The average Bonchev–Trinajstić information content (AvgIpc) is 2.41. The lowest BCUT2D eigenvalue weighted by molar-refractivity contribution is -0.129. The molecule has 1 aliphatic heterocycles. The summed E-state index contributed by atoms with van der Waals surface area (Å²) in [6.07, 6.45) is 3.39. The number of hydrogen-bond acceptors (Lipinski definition) is 3. The number of carbonyl (C=O) groups is 1. The molecule has 1 fully saturated rings. The first-order valence-electron chi connectivity index (χ1n) is 6.12. The van der Waals surface area contributed by atoms with E-state index < -0.39 is 5.82 Å². The summed E-state index contributed by atoms with van der Waals surface area (Å²) < 4.78 is 13.2. The number of nitrogen functional groups attached to an aromatic ring is 1. The smallest absolute Gasteiger partial charge is 0.232 e. The van der Waals surface area contributed by atoms with Gasteiger partial charge in [0, 0.05) is 18.0 Å². The van der Waals surface area contributed by atoms with Crippen molar-refractivity contribution in [1.29, 1.82) is 0 Å². The number of amides is 1. The van der Waals surface area contributed by atoms with Crippen molar-refractivity contribution >= 4 is 23.4 Å². The van der Waals surface area contributed by atoms with Crippen LogP contribution >= 0.6 is 11.8 Å². The Kier molecular flexibility index (Phi) is 4.47. The fraction of sp³-hybridized carbons (Fsp3) is 0.462. The monoisotopic (exact) mass is 268 g/mol. The zero-order valence-corrected chi connectivity index (χ0v) is 11.0. The van der Waals surface area contributed by atoms with Crippen LogP contribution in [0.2, 0.25) is 0 Å². The number of benzene rings is 1. The maximum atomic E-state index is 13.2. The van der Waals surface area contributed by atoms with Crippen molar-refractivity contribution < 1.29 is 9.18 Å². The molecular formula is C13H17FN2OS. The van der Waals surface area contributed by atoms with Crippen molar-refractivity contribution in [1.82, 2.24) is 4.90 Å². The lowest BCUT2D eigenvalue weighted by Gasteiger charge is -2.26. The molecule has 0 spiro atoms. The summed E-state index contributed by atoms with van der Waals surface area (Å²) in [6, 6.07) is 4.65. The fourth-order valence-electron chi connectivity index (χ4n) is 1.98. The second kappa shape index (κ2) is 6.09. The van der Waals surface area contributed by atoms with Crippen LogP contribution in [0.15, 0.2) is 23.1 Å². The largest absolute Gasteiger partial charge is 0.396 e. The molecule has 1 amide bonds. The van der Waals surface area contributed by atoms with Crippen molar-refractivity contribution in [2.45, 2.75) is 24.2 Å². The number of likely N-dealkylation sites (tertiary alicyclic amines) is 1. The predicted molar refractivity (Wildman–Crippen MR) is 72.0 cm³/mol. The molecule has 1 aromatic carbocycles. The minimum Gasteiger partial charge on any atom is -0.396 e. The van der Waals surface area contributed by atoms with Gasteiger partial charge >= 0.3 is 0 Å². The summed E-state index contributed by atoms with van der Waals surface area (Å²) in [5.41, 5.74) is 5.54. The highest BCUT2D eigenvalue weighted by atomic mass is 32.2. The van der Waals surface area contributed by atoms with Gasteiger partial charge in [0.2, 0.25) is 5.91 Å². The molecule has 0 atom stereocenters. The van der Waals surface area contributed by atoms with E-state index >= 15 is 0 Å². The summed E-state index contributed by atoms with van der Waals surface area (Å²) in [5.74, 6) is 0.0750. The fourth-order valence-corrected chi connectivity index (χ4v) is 2.80. The maximum absolute atomic E-state index is 13.2. The van der Waals surface area contributed by atoms with Crippen LogP contribution in [0, 0.1) is 5.82 Å². The van der Waals surface area contributed by atoms with E-state index in [0.29, 0.717) is 5.75 Å². The Morgan fingerprint density at radius 3 is 2.72 bits per heavy atom. The van der Waals surface area contributed by atoms with Gasteiger partial charge in [-0.15, -0.1) is 11.8 Å². The summed E-state index contributed by atoms with van der Waals surface area (Å²) >= 11 is 1.36. The Hall–Kier alpha value is -1.23. The van der Waals surface area contributed by atoms with Crippen LogP contribution in [0.5, 0.6) is 0 Å². The van der Waals surface area contributed by atoms with Crippen molar-refractivity contribution in [2.24, 2.45) is 0 Å². The molecule has 0 unspecified atom stereocenters. The minimum absolute atomic E-state index is 0.136. The first kappa shape index (κ1) is 13.2. The van der Waals surface area contributed by atoms with Gasteiger partial charge in [-0.25, -0.2) is 4.39 Å². The zero-order chi connectivity index (χ0) is 13.0. The van der Waals surface area contributed by atoms with Crippen LogP contribution in [0.25, 0.3) is 0 Å². The molecule has 0 saturated carbocycles. The number of anilines is 1. The minimum atomic E-state index is -0.426. The zero-order valence-electron chi connectivity index (χ0n) is 10.2. The van der Waals surface area contributed by atoms with Crippen molar-refractivity contribution in [3.63, 3.8) is 0 Å². The second-order valence-corrected chi connectivity index (χ2v) is 5.46. The van der Waals surface area contributed by atoms with Crippen molar-refractivity contribution in [2.75, 3.05) is 24.6 Å². The van der Waals surface area contributed by atoms with Crippen LogP contribution in [-0.4, -0.2) is 29.6 Å². The highest BCUT2D eigenvalue weighted by molar-refractivity contribution is 8.00. The van der Waals surface area contributed by atoms with Gasteiger partial charge in [0.05, 0.1) is 11.4 Å². The second-order valence-electron chi connectivity index (χ2n) is 4.41. The van der Waals surface area contributed by atoms with E-state index in [0.717, 1.165) is 30.8 Å². The summed E-state index contributed by atoms with van der Waals surface area (Å²) in [4.78, 5) is 14.5. The average molecular weight is 268 g/mol. The van der Waals surface area contributed by atoms with Gasteiger partial charge in [0.25, 0.3) is 0 Å². The van der Waals surface area contributed by atoms with Crippen LogP contribution in [-0.2, 0) is 4.79 Å². The SMILES string of the molecule is Nc1ccc(SCC(=O)N2CCCCC2)cc1F. The molecular weight excluding hydrogens is 251 g/mol. The highest BCUT2D eigenvalue weighted by Crippen LogP contribution is 2.22. The summed E-state index contributed by atoms with van der Waals surface area (Å²) in [5, 5.41) is 0. The topological polar surface area (TPSA) is 46.3 Å². The van der Waals surface area contributed by atoms with Gasteiger partial charge in [-0.2, -0.15) is 0 Å². The molecule has 98 valence electrons. The Bertz CT molecular complexity index is 433. The number of hydrogen-bond donors (Lipinski definition) is 1. The third-order valence-electron chi connectivity index (χ3n) is 3.04. The van der Waals surface area contributed by atoms with Gasteiger partial charge in [0.1, 0.15) is 5.82 Å². The Balaban J connectivity index is 1.86. The van der Waals surface area contributed by atoms with E-state index in [-0.39, 0.29) is 11.6 Å². The van der Waals surface area contributed by atoms with E-state index in [4.69, 9.17) is 5.73 Å². The summed E-state index contributed by atoms with van der Waals surface area (Å²) in [7, 11) is 0. The number of piperidine rings is 1. The standard InChI is InChI=1S/C13H17FN2OS/c14-11-8-10(4-5-12(11)15)18-9-13(17)16-6-2-1-3-7-16/h4-5,8H,1-3,6-7,9,15H2. The lowest BCUT2D eigenvalue weighted by Crippen LogP contribution is -2.36. The third kappa shape index (κ3) is 3.38. The van der Waals surface area contributed by atoms with Crippen LogP contribution in [0.1, 0.15) is 19.3 Å². The molecule has 0 radical (unpaired) electrons. The molecule has 18 heavy (non-hydrogen) atoms. The third-order valence-corrected chi connectivity index (χ3v) is 4.02. The number of nitrogens with two attached hydrogens (primary N) is 1. The van der Waals surface area contributed by atoms with Gasteiger partial charge < -0.3 is 10.6 Å². The molecule has 1 aliphatic rings. The number of carbonyl (C=O) groups excluding carboxylic acids is 1. The molecule has 0 aliphatic carbocycles. The van der Waals surface area contributed by atoms with Gasteiger partial charge in [-0.3, -0.25) is 4.79 Å². The molecule has 2 rings (SSSR count). The molecule has 3 nitrogen and oxygen atoms in total. The summed E-state index contributed by atoms with van der Waals surface area (Å²) in [6.45, 7) is 1.71. The van der Waals surface area contributed by atoms with E-state index in [1.165, 1.54) is 30.3 Å². The molecule has 1 aromatic rings. The first-order chi connectivity index (χ1) is 8.66. The number of halogens is 1. The van der Waals surface area contributed by atoms with E-state index in [1.807, 2.05) is 4.90 Å². The number of rotatable bonds is 3. The predicted octanol–water partition coefficient (Wildman–Crippen LogP) is 2.51. The Morgan fingerprint density at radius 1 is 1.33 bits per heavy atom. The van der Waals surface area contributed by atoms with Crippen molar-refractivity contribution in [3.05, 3.63) is 24.0 Å². The van der Waals surface area contributed by atoms with E-state index in [1.54, 1.807) is 6.07 Å². The molecule has 0 aromatic heterocycles. The van der Waals surface area contributed by atoms with Gasteiger partial charge in [-0.05, 0) is 37.5 Å². The van der Waals surface area contributed by atoms with Crippen LogP contribution < -0.4 is 5.73 Å². The van der Waals surface area contributed by atoms with Gasteiger partial charge in [-0.1, -0.05) is 0 Å². The normalized spacial score (nSPS) is 15.7. The van der Waals surface area contributed by atoms with Gasteiger partial charge in [0.15, 0.2) is 0 Å². The molecule has 1 heterocycles. The molecule has 2 N–H and O–H groups in total. The Morgan fingerprint density at radius 2 is 2.06 bits per heavy atom. The Labute approximate surface area is 111 Å².